The molecule has 1 saturated heterocycles. The number of benzene rings is 1. The van der Waals surface area contributed by atoms with Crippen molar-refractivity contribution in [1.29, 1.82) is 0 Å². The minimum atomic E-state index is -3.20. The molecule has 0 saturated carbocycles. The van der Waals surface area contributed by atoms with E-state index in [0.717, 1.165) is 31.4 Å². The van der Waals surface area contributed by atoms with Crippen LogP contribution in [-0.2, 0) is 16.4 Å². The number of hydrogen-bond donors (Lipinski definition) is 2. The van der Waals surface area contributed by atoms with E-state index >= 15 is 0 Å². The fraction of sp³-hybridized carbons (Fsp3) is 0.571. The van der Waals surface area contributed by atoms with E-state index in [2.05, 4.69) is 10.0 Å². The summed E-state index contributed by atoms with van der Waals surface area (Å²) in [5.41, 5.74) is 1.15. The zero-order valence-corrected chi connectivity index (χ0v) is 12.1. The van der Waals surface area contributed by atoms with Crippen molar-refractivity contribution < 1.29 is 8.42 Å². The molecule has 19 heavy (non-hydrogen) atoms. The Bertz CT molecular complexity index is 481. The van der Waals surface area contributed by atoms with Crippen LogP contribution in [0.25, 0.3) is 0 Å². The molecule has 0 aliphatic carbocycles. The highest BCUT2D eigenvalue weighted by Gasteiger charge is 2.23. The molecule has 1 aromatic carbocycles. The van der Waals surface area contributed by atoms with Crippen LogP contribution < -0.4 is 10.0 Å². The van der Waals surface area contributed by atoms with E-state index in [9.17, 15) is 8.42 Å². The van der Waals surface area contributed by atoms with Crippen molar-refractivity contribution in [2.24, 2.45) is 0 Å². The largest absolute Gasteiger partial charge is 0.313 e. The first-order valence-electron chi connectivity index (χ1n) is 6.82. The number of sulfonamides is 1. The smallest absolute Gasteiger partial charge is 0.213 e. The Morgan fingerprint density at radius 3 is 2.74 bits per heavy atom. The van der Waals surface area contributed by atoms with Crippen LogP contribution in [0.2, 0.25) is 0 Å². The second kappa shape index (κ2) is 6.50. The molecular formula is C14H22N2O2S. The van der Waals surface area contributed by atoms with E-state index in [-0.39, 0.29) is 17.8 Å². The molecule has 4 nitrogen and oxygen atoms in total. The quantitative estimate of drug-likeness (QED) is 0.826. The van der Waals surface area contributed by atoms with Crippen molar-refractivity contribution in [1.82, 2.24) is 10.0 Å². The predicted octanol–water partition coefficient (Wildman–Crippen LogP) is 1.29. The maximum absolute atomic E-state index is 12.0. The number of rotatable bonds is 6. The molecule has 1 aromatic rings. The molecular weight excluding hydrogens is 260 g/mol. The summed E-state index contributed by atoms with van der Waals surface area (Å²) in [6.45, 7) is 2.84. The third kappa shape index (κ3) is 4.93. The van der Waals surface area contributed by atoms with Crippen LogP contribution in [0, 0.1) is 0 Å². The third-order valence-electron chi connectivity index (χ3n) is 3.35. The number of nitrogens with one attached hydrogen (secondary N) is 2. The van der Waals surface area contributed by atoms with Gasteiger partial charge in [0.1, 0.15) is 0 Å². The van der Waals surface area contributed by atoms with Gasteiger partial charge in [0.25, 0.3) is 0 Å². The molecule has 5 heteroatoms. The Morgan fingerprint density at radius 2 is 2.11 bits per heavy atom. The van der Waals surface area contributed by atoms with Gasteiger partial charge < -0.3 is 5.32 Å². The fourth-order valence-corrected chi connectivity index (χ4v) is 4.13. The van der Waals surface area contributed by atoms with Gasteiger partial charge in [-0.2, -0.15) is 0 Å². The average Bonchev–Trinajstić information content (AvgIpc) is 2.81. The highest BCUT2D eigenvalue weighted by Crippen LogP contribution is 2.08. The highest BCUT2D eigenvalue weighted by atomic mass is 32.2. The zero-order valence-electron chi connectivity index (χ0n) is 11.3. The van der Waals surface area contributed by atoms with Crippen molar-refractivity contribution in [2.75, 3.05) is 12.3 Å². The Hall–Kier alpha value is -0.910. The molecule has 0 aromatic heterocycles. The van der Waals surface area contributed by atoms with Gasteiger partial charge in [0.15, 0.2) is 0 Å². The molecule has 0 spiro atoms. The molecule has 0 radical (unpaired) electrons. The zero-order chi connectivity index (χ0) is 13.7. The normalized spacial score (nSPS) is 21.4. The van der Waals surface area contributed by atoms with Gasteiger partial charge in [0.2, 0.25) is 10.0 Å². The molecule has 2 rings (SSSR count). The first kappa shape index (κ1) is 14.5. The molecule has 0 bridgehead atoms. The lowest BCUT2D eigenvalue weighted by Crippen LogP contribution is -2.41. The standard InChI is InChI=1S/C14H22N2O2S/c1-12(10-13-6-3-2-4-7-13)16-19(17,18)11-14-8-5-9-15-14/h2-4,6-7,12,14-16H,5,8-11H2,1H3. The lowest BCUT2D eigenvalue weighted by atomic mass is 10.1. The topological polar surface area (TPSA) is 58.2 Å². The molecule has 106 valence electrons. The molecule has 2 atom stereocenters. The summed E-state index contributed by atoms with van der Waals surface area (Å²) < 4.78 is 26.8. The van der Waals surface area contributed by atoms with Gasteiger partial charge in [-0.15, -0.1) is 0 Å². The van der Waals surface area contributed by atoms with Crippen LogP contribution in [0.1, 0.15) is 25.3 Å². The minimum absolute atomic E-state index is 0.0752. The molecule has 1 heterocycles. The van der Waals surface area contributed by atoms with Gasteiger partial charge in [-0.3, -0.25) is 0 Å². The molecule has 0 amide bonds. The second-order valence-corrected chi connectivity index (χ2v) is 7.08. The third-order valence-corrected chi connectivity index (χ3v) is 4.95. The van der Waals surface area contributed by atoms with E-state index < -0.39 is 10.0 Å². The second-order valence-electron chi connectivity index (χ2n) is 5.28. The van der Waals surface area contributed by atoms with E-state index in [1.807, 2.05) is 37.3 Å². The Kier molecular flexibility index (Phi) is 4.96. The summed E-state index contributed by atoms with van der Waals surface area (Å²) in [6.07, 6.45) is 2.74. The van der Waals surface area contributed by atoms with Crippen molar-refractivity contribution in [3.05, 3.63) is 35.9 Å². The molecule has 1 aliphatic rings. The SMILES string of the molecule is CC(Cc1ccccc1)NS(=O)(=O)CC1CCCN1. The maximum Gasteiger partial charge on any atom is 0.213 e. The van der Waals surface area contributed by atoms with Gasteiger partial charge in [-0.1, -0.05) is 30.3 Å². The van der Waals surface area contributed by atoms with Gasteiger partial charge in [-0.25, -0.2) is 13.1 Å². The van der Waals surface area contributed by atoms with Gasteiger partial charge >= 0.3 is 0 Å². The van der Waals surface area contributed by atoms with E-state index in [0.29, 0.717) is 0 Å². The Morgan fingerprint density at radius 1 is 1.37 bits per heavy atom. The summed E-state index contributed by atoms with van der Waals surface area (Å²) in [4.78, 5) is 0. The van der Waals surface area contributed by atoms with Gasteiger partial charge in [-0.05, 0) is 38.3 Å². The summed E-state index contributed by atoms with van der Waals surface area (Å²) >= 11 is 0. The van der Waals surface area contributed by atoms with Crippen LogP contribution in [-0.4, -0.2) is 32.8 Å². The lowest BCUT2D eigenvalue weighted by molar-refractivity contribution is 0.545. The van der Waals surface area contributed by atoms with Crippen LogP contribution >= 0.6 is 0 Å². The first-order valence-corrected chi connectivity index (χ1v) is 8.48. The molecule has 1 fully saturated rings. The first-order chi connectivity index (χ1) is 9.05. The van der Waals surface area contributed by atoms with E-state index in [4.69, 9.17) is 0 Å². The predicted molar refractivity (Wildman–Crippen MR) is 77.6 cm³/mol. The van der Waals surface area contributed by atoms with Crippen LogP contribution in [0.15, 0.2) is 30.3 Å². The minimum Gasteiger partial charge on any atom is -0.313 e. The Labute approximate surface area is 115 Å². The monoisotopic (exact) mass is 282 g/mol. The summed E-state index contributed by atoms with van der Waals surface area (Å²) in [5.74, 6) is 0.187. The van der Waals surface area contributed by atoms with Crippen molar-refractivity contribution in [3.8, 4) is 0 Å². The van der Waals surface area contributed by atoms with Crippen LogP contribution in [0.3, 0.4) is 0 Å². The summed E-state index contributed by atoms with van der Waals surface area (Å²) in [6, 6.07) is 9.98. The van der Waals surface area contributed by atoms with E-state index in [1.165, 1.54) is 0 Å². The van der Waals surface area contributed by atoms with Crippen molar-refractivity contribution >= 4 is 10.0 Å². The Balaban J connectivity index is 1.85. The van der Waals surface area contributed by atoms with Crippen LogP contribution in [0.4, 0.5) is 0 Å². The van der Waals surface area contributed by atoms with Gasteiger partial charge in [0.05, 0.1) is 5.75 Å². The van der Waals surface area contributed by atoms with Crippen LogP contribution in [0.5, 0.6) is 0 Å². The highest BCUT2D eigenvalue weighted by molar-refractivity contribution is 7.89. The number of hydrogen-bond acceptors (Lipinski definition) is 3. The summed E-state index contributed by atoms with van der Waals surface area (Å²) in [7, 11) is -3.20. The van der Waals surface area contributed by atoms with Crippen molar-refractivity contribution in [2.45, 2.75) is 38.3 Å². The van der Waals surface area contributed by atoms with Gasteiger partial charge in [0, 0.05) is 12.1 Å². The molecule has 2 N–H and O–H groups in total. The maximum atomic E-state index is 12.0. The van der Waals surface area contributed by atoms with E-state index in [1.54, 1.807) is 0 Å². The summed E-state index contributed by atoms with van der Waals surface area (Å²) in [5, 5.41) is 3.22. The fourth-order valence-electron chi connectivity index (χ4n) is 2.53. The molecule has 1 aliphatic heterocycles. The molecule has 2 unspecified atom stereocenters. The van der Waals surface area contributed by atoms with Crippen molar-refractivity contribution in [3.63, 3.8) is 0 Å². The average molecular weight is 282 g/mol. The lowest BCUT2D eigenvalue weighted by Gasteiger charge is -2.16.